The molecule has 0 saturated carbocycles. The van der Waals surface area contributed by atoms with E-state index in [-0.39, 0.29) is 11.9 Å². The number of halogens is 2. The minimum Gasteiger partial charge on any atom is -0.324 e. The van der Waals surface area contributed by atoms with Crippen molar-refractivity contribution in [1.82, 2.24) is 0 Å². The lowest BCUT2D eigenvalue weighted by molar-refractivity contribution is 0.375. The van der Waals surface area contributed by atoms with Crippen molar-refractivity contribution in [1.29, 1.82) is 0 Å². The minimum absolute atomic E-state index is 0.0371. The molecule has 0 saturated heterocycles. The predicted octanol–water partition coefficient (Wildman–Crippen LogP) is 4.39. The summed E-state index contributed by atoms with van der Waals surface area (Å²) in [7, 11) is 0. The fourth-order valence-corrected chi connectivity index (χ4v) is 3.48. The first-order valence-corrected chi connectivity index (χ1v) is 7.72. The maximum atomic E-state index is 13.4. The molecule has 0 amide bonds. The van der Waals surface area contributed by atoms with Gasteiger partial charge >= 0.3 is 0 Å². The summed E-state index contributed by atoms with van der Waals surface area (Å²) < 4.78 is 14.3. The van der Waals surface area contributed by atoms with E-state index < -0.39 is 0 Å². The van der Waals surface area contributed by atoms with Gasteiger partial charge < -0.3 is 5.73 Å². The molecule has 1 aliphatic carbocycles. The second-order valence-electron chi connectivity index (χ2n) is 5.46. The maximum absolute atomic E-state index is 13.4. The number of hydrogen-bond acceptors (Lipinski definition) is 1. The Hall–Kier alpha value is -1.19. The van der Waals surface area contributed by atoms with Gasteiger partial charge in [0.15, 0.2) is 0 Å². The largest absolute Gasteiger partial charge is 0.324 e. The van der Waals surface area contributed by atoms with E-state index in [1.165, 1.54) is 17.2 Å². The van der Waals surface area contributed by atoms with Gasteiger partial charge in [0.2, 0.25) is 0 Å². The third-order valence-electron chi connectivity index (χ3n) is 4.20. The minimum atomic E-state index is -0.187. The summed E-state index contributed by atoms with van der Waals surface area (Å²) >= 11 is 3.50. The highest BCUT2D eigenvalue weighted by molar-refractivity contribution is 9.10. The summed E-state index contributed by atoms with van der Waals surface area (Å²) in [5.74, 6) is 0.177. The molecular formula is C17H17BrFN. The van der Waals surface area contributed by atoms with E-state index in [2.05, 4.69) is 34.1 Å². The molecule has 20 heavy (non-hydrogen) atoms. The highest BCUT2D eigenvalue weighted by atomic mass is 79.9. The number of fused-ring (bicyclic) bond motifs is 1. The van der Waals surface area contributed by atoms with Gasteiger partial charge in [-0.2, -0.15) is 0 Å². The fourth-order valence-electron chi connectivity index (χ4n) is 3.07. The molecule has 3 heteroatoms. The average molecular weight is 334 g/mol. The Labute approximate surface area is 127 Å². The number of aryl methyl sites for hydroxylation is 1. The first-order valence-electron chi connectivity index (χ1n) is 6.92. The molecule has 2 atom stereocenters. The molecule has 2 aromatic carbocycles. The topological polar surface area (TPSA) is 26.0 Å². The van der Waals surface area contributed by atoms with E-state index in [0.29, 0.717) is 5.92 Å². The smallest absolute Gasteiger partial charge is 0.123 e. The van der Waals surface area contributed by atoms with Crippen LogP contribution in [0.15, 0.2) is 46.9 Å². The van der Waals surface area contributed by atoms with Crippen molar-refractivity contribution < 1.29 is 4.39 Å². The second-order valence-corrected chi connectivity index (χ2v) is 6.32. The van der Waals surface area contributed by atoms with E-state index in [1.807, 2.05) is 6.07 Å². The van der Waals surface area contributed by atoms with E-state index in [4.69, 9.17) is 5.73 Å². The van der Waals surface area contributed by atoms with Gasteiger partial charge in [-0.05, 0) is 60.1 Å². The Morgan fingerprint density at radius 3 is 2.85 bits per heavy atom. The van der Waals surface area contributed by atoms with Gasteiger partial charge in [0, 0.05) is 10.5 Å². The lowest BCUT2D eigenvalue weighted by Gasteiger charge is -2.31. The molecular weight excluding hydrogens is 317 g/mol. The van der Waals surface area contributed by atoms with Crippen molar-refractivity contribution in [2.45, 2.75) is 25.3 Å². The van der Waals surface area contributed by atoms with Gasteiger partial charge in [-0.1, -0.05) is 40.2 Å². The Morgan fingerprint density at radius 1 is 1.20 bits per heavy atom. The molecule has 0 aromatic heterocycles. The van der Waals surface area contributed by atoms with Gasteiger partial charge in [0.25, 0.3) is 0 Å². The molecule has 104 valence electrons. The monoisotopic (exact) mass is 333 g/mol. The highest BCUT2D eigenvalue weighted by Gasteiger charge is 2.26. The lowest BCUT2D eigenvalue weighted by atomic mass is 9.77. The summed E-state index contributed by atoms with van der Waals surface area (Å²) in [6.07, 6.45) is 2.93. The Bertz CT molecular complexity index is 626. The summed E-state index contributed by atoms with van der Waals surface area (Å²) in [6, 6.07) is 13.3. The third-order valence-corrected chi connectivity index (χ3v) is 4.97. The van der Waals surface area contributed by atoms with Crippen LogP contribution >= 0.6 is 15.9 Å². The molecule has 0 spiro atoms. The van der Waals surface area contributed by atoms with Crippen LogP contribution in [0.5, 0.6) is 0 Å². The molecule has 3 rings (SSSR count). The van der Waals surface area contributed by atoms with E-state index in [9.17, 15) is 4.39 Å². The molecule has 0 fully saturated rings. The normalized spacial score (nSPS) is 21.6. The first kappa shape index (κ1) is 13.8. The molecule has 2 unspecified atom stereocenters. The number of rotatable bonds is 2. The quantitative estimate of drug-likeness (QED) is 0.866. The van der Waals surface area contributed by atoms with Crippen LogP contribution in [0, 0.1) is 11.7 Å². The van der Waals surface area contributed by atoms with E-state index >= 15 is 0 Å². The van der Waals surface area contributed by atoms with Crippen molar-refractivity contribution in [2.75, 3.05) is 0 Å². The van der Waals surface area contributed by atoms with Gasteiger partial charge in [0.05, 0.1) is 0 Å². The van der Waals surface area contributed by atoms with E-state index in [1.54, 1.807) is 12.1 Å². The van der Waals surface area contributed by atoms with Crippen LogP contribution in [-0.4, -0.2) is 0 Å². The standard InChI is InChI=1S/C17H17BrFN/c18-16-8-7-14(19)10-13(16)9-12-6-5-11-3-1-2-4-15(11)17(12)20/h1-4,7-8,10,12,17H,5-6,9,20H2. The first-order chi connectivity index (χ1) is 9.65. The molecule has 0 bridgehead atoms. The van der Waals surface area contributed by atoms with Crippen LogP contribution in [0.25, 0.3) is 0 Å². The number of benzene rings is 2. The molecule has 1 nitrogen and oxygen atoms in total. The summed E-state index contributed by atoms with van der Waals surface area (Å²) in [4.78, 5) is 0. The van der Waals surface area contributed by atoms with Crippen LogP contribution in [0.4, 0.5) is 4.39 Å². The summed E-state index contributed by atoms with van der Waals surface area (Å²) in [5, 5.41) is 0. The molecule has 0 aliphatic heterocycles. The number of hydrogen-bond donors (Lipinski definition) is 1. The molecule has 1 aliphatic rings. The van der Waals surface area contributed by atoms with Crippen molar-refractivity contribution in [3.05, 3.63) is 69.4 Å². The zero-order valence-corrected chi connectivity index (χ0v) is 12.7. The van der Waals surface area contributed by atoms with Crippen LogP contribution in [0.2, 0.25) is 0 Å². The SMILES string of the molecule is NC1c2ccccc2CCC1Cc1cc(F)ccc1Br. The third kappa shape index (κ3) is 2.65. The Kier molecular flexibility index (Phi) is 3.90. The molecule has 0 radical (unpaired) electrons. The zero-order chi connectivity index (χ0) is 14.1. The fraction of sp³-hybridized carbons (Fsp3) is 0.294. The van der Waals surface area contributed by atoms with Crippen molar-refractivity contribution >= 4 is 15.9 Å². The maximum Gasteiger partial charge on any atom is 0.123 e. The predicted molar refractivity (Wildman–Crippen MR) is 83.0 cm³/mol. The molecule has 0 heterocycles. The second kappa shape index (κ2) is 5.66. The zero-order valence-electron chi connectivity index (χ0n) is 11.2. The van der Waals surface area contributed by atoms with Crippen LogP contribution in [0.3, 0.4) is 0 Å². The summed E-state index contributed by atoms with van der Waals surface area (Å²) in [6.45, 7) is 0. The van der Waals surface area contributed by atoms with Gasteiger partial charge in [-0.15, -0.1) is 0 Å². The Morgan fingerprint density at radius 2 is 2.00 bits per heavy atom. The summed E-state index contributed by atoms with van der Waals surface area (Å²) in [5.41, 5.74) is 10.0. The Balaban J connectivity index is 1.84. The van der Waals surface area contributed by atoms with Crippen molar-refractivity contribution in [3.63, 3.8) is 0 Å². The van der Waals surface area contributed by atoms with Crippen molar-refractivity contribution in [2.24, 2.45) is 11.7 Å². The van der Waals surface area contributed by atoms with E-state index in [0.717, 1.165) is 29.3 Å². The highest BCUT2D eigenvalue weighted by Crippen LogP contribution is 2.35. The molecule has 2 N–H and O–H groups in total. The van der Waals surface area contributed by atoms with Gasteiger partial charge in [0.1, 0.15) is 5.82 Å². The van der Waals surface area contributed by atoms with Crippen LogP contribution in [0.1, 0.15) is 29.2 Å². The van der Waals surface area contributed by atoms with Gasteiger partial charge in [-0.3, -0.25) is 0 Å². The van der Waals surface area contributed by atoms with Crippen LogP contribution < -0.4 is 5.73 Å². The average Bonchev–Trinajstić information content (AvgIpc) is 2.46. The van der Waals surface area contributed by atoms with Gasteiger partial charge in [-0.25, -0.2) is 4.39 Å². The molecule has 2 aromatic rings. The lowest BCUT2D eigenvalue weighted by Crippen LogP contribution is -2.28. The number of nitrogens with two attached hydrogens (primary N) is 1. The van der Waals surface area contributed by atoms with Crippen molar-refractivity contribution in [3.8, 4) is 0 Å². The van der Waals surface area contributed by atoms with Crippen LogP contribution in [-0.2, 0) is 12.8 Å².